The zero-order valence-corrected chi connectivity index (χ0v) is 9.74. The van der Waals surface area contributed by atoms with Crippen molar-refractivity contribution in [2.45, 2.75) is 4.90 Å². The Hall–Kier alpha value is -2.05. The highest BCUT2D eigenvalue weighted by molar-refractivity contribution is 8.04. The average molecular weight is 236 g/mol. The molecule has 0 fully saturated rings. The molecule has 17 heavy (non-hydrogen) atoms. The summed E-state index contributed by atoms with van der Waals surface area (Å²) in [7, 11) is 0. The Bertz CT molecular complexity index is 744. The second-order valence-electron chi connectivity index (χ2n) is 3.69. The standard InChI is InChI=1S/C14H8N2S/c15-9-17-12-5-1-3-10-6-7-11-4-2-8-16-14(11)13(10)12/h1-8H. The number of nitriles is 1. The molecule has 3 heteroatoms. The Morgan fingerprint density at radius 3 is 2.71 bits per heavy atom. The number of pyridine rings is 1. The molecule has 0 radical (unpaired) electrons. The van der Waals surface area contributed by atoms with Crippen molar-refractivity contribution in [1.82, 2.24) is 4.98 Å². The summed E-state index contributed by atoms with van der Waals surface area (Å²) in [5, 5.41) is 14.3. The average Bonchev–Trinajstić information content (AvgIpc) is 2.39. The first-order chi connectivity index (χ1) is 8.40. The van der Waals surface area contributed by atoms with Crippen molar-refractivity contribution in [3.63, 3.8) is 0 Å². The molecule has 0 saturated heterocycles. The van der Waals surface area contributed by atoms with E-state index in [2.05, 4.69) is 22.5 Å². The van der Waals surface area contributed by atoms with E-state index >= 15 is 0 Å². The summed E-state index contributed by atoms with van der Waals surface area (Å²) < 4.78 is 0. The van der Waals surface area contributed by atoms with Crippen molar-refractivity contribution in [2.24, 2.45) is 0 Å². The van der Waals surface area contributed by atoms with Crippen LogP contribution in [0.2, 0.25) is 0 Å². The van der Waals surface area contributed by atoms with Crippen LogP contribution in [-0.2, 0) is 0 Å². The molecule has 0 saturated carbocycles. The number of thioether (sulfide) groups is 1. The lowest BCUT2D eigenvalue weighted by molar-refractivity contribution is 1.41. The van der Waals surface area contributed by atoms with Gasteiger partial charge in [-0.15, -0.1) is 0 Å². The Morgan fingerprint density at radius 2 is 1.82 bits per heavy atom. The van der Waals surface area contributed by atoms with E-state index < -0.39 is 0 Å². The highest BCUT2D eigenvalue weighted by atomic mass is 32.2. The van der Waals surface area contributed by atoms with Crippen molar-refractivity contribution >= 4 is 33.4 Å². The number of fused-ring (bicyclic) bond motifs is 3. The van der Waals surface area contributed by atoms with Gasteiger partial charge in [0.1, 0.15) is 5.40 Å². The van der Waals surface area contributed by atoms with E-state index in [-0.39, 0.29) is 0 Å². The first kappa shape index (κ1) is 10.1. The van der Waals surface area contributed by atoms with E-state index in [1.54, 1.807) is 6.20 Å². The smallest absolute Gasteiger partial charge is 0.138 e. The molecule has 0 atom stereocenters. The van der Waals surface area contributed by atoms with Crippen LogP contribution >= 0.6 is 11.8 Å². The second-order valence-corrected chi connectivity index (χ2v) is 4.51. The van der Waals surface area contributed by atoms with Crippen molar-refractivity contribution < 1.29 is 0 Å². The third kappa shape index (κ3) is 1.63. The molecule has 1 aromatic heterocycles. The van der Waals surface area contributed by atoms with E-state index in [4.69, 9.17) is 5.26 Å². The van der Waals surface area contributed by atoms with Gasteiger partial charge in [0.25, 0.3) is 0 Å². The van der Waals surface area contributed by atoms with Crippen LogP contribution in [0.25, 0.3) is 21.7 Å². The summed E-state index contributed by atoms with van der Waals surface area (Å²) in [4.78, 5) is 5.40. The van der Waals surface area contributed by atoms with Crippen molar-refractivity contribution in [3.8, 4) is 5.40 Å². The van der Waals surface area contributed by atoms with Gasteiger partial charge >= 0.3 is 0 Å². The van der Waals surface area contributed by atoms with Crippen LogP contribution in [0.1, 0.15) is 0 Å². The fraction of sp³-hybridized carbons (Fsp3) is 0. The van der Waals surface area contributed by atoms with E-state index in [9.17, 15) is 0 Å². The number of hydrogen-bond acceptors (Lipinski definition) is 3. The lowest BCUT2D eigenvalue weighted by atomic mass is 10.1. The minimum absolute atomic E-state index is 0.961. The van der Waals surface area contributed by atoms with Crippen molar-refractivity contribution in [3.05, 3.63) is 48.7 Å². The molecule has 0 spiro atoms. The van der Waals surface area contributed by atoms with E-state index in [0.29, 0.717) is 0 Å². The molecule has 2 aromatic carbocycles. The summed E-state index contributed by atoms with van der Waals surface area (Å²) in [6.07, 6.45) is 1.79. The number of nitrogens with zero attached hydrogens (tertiary/aromatic N) is 2. The maximum atomic E-state index is 8.84. The predicted octanol–water partition coefficient (Wildman–Crippen LogP) is 3.96. The summed E-state index contributed by atoms with van der Waals surface area (Å²) in [6.45, 7) is 0. The molecule has 0 amide bonds. The summed E-state index contributed by atoms with van der Waals surface area (Å²) in [5.74, 6) is 0. The molecule has 2 nitrogen and oxygen atoms in total. The zero-order chi connectivity index (χ0) is 11.7. The Balaban J connectivity index is 2.51. The zero-order valence-electron chi connectivity index (χ0n) is 8.92. The first-order valence-electron chi connectivity index (χ1n) is 5.22. The monoisotopic (exact) mass is 236 g/mol. The minimum atomic E-state index is 0.961. The molecule has 0 aliphatic rings. The molecular formula is C14H8N2S. The van der Waals surface area contributed by atoms with Gasteiger partial charge in [-0.05, 0) is 29.3 Å². The summed E-state index contributed by atoms with van der Waals surface area (Å²) >= 11 is 1.19. The largest absolute Gasteiger partial charge is 0.256 e. The number of rotatable bonds is 1. The summed E-state index contributed by atoms with van der Waals surface area (Å²) in [6, 6.07) is 14.1. The SMILES string of the molecule is N#CSc1cccc2ccc3cccnc3c12. The normalized spacial score (nSPS) is 10.5. The molecule has 0 aliphatic carbocycles. The van der Waals surface area contributed by atoms with Gasteiger partial charge in [-0.25, -0.2) is 0 Å². The third-order valence-electron chi connectivity index (χ3n) is 2.73. The summed E-state index contributed by atoms with van der Waals surface area (Å²) in [5.41, 5.74) is 0.961. The van der Waals surface area contributed by atoms with E-state index in [1.165, 1.54) is 11.8 Å². The number of thiocyanates is 1. The third-order valence-corrected chi connectivity index (χ3v) is 3.38. The Labute approximate surface area is 103 Å². The fourth-order valence-corrected chi connectivity index (χ4v) is 2.58. The molecule has 0 N–H and O–H groups in total. The van der Waals surface area contributed by atoms with Gasteiger partial charge in [-0.2, -0.15) is 5.26 Å². The van der Waals surface area contributed by atoms with Gasteiger partial charge in [-0.1, -0.05) is 30.3 Å². The molecule has 0 aliphatic heterocycles. The highest BCUT2D eigenvalue weighted by Crippen LogP contribution is 2.32. The fourth-order valence-electron chi connectivity index (χ4n) is 2.02. The van der Waals surface area contributed by atoms with Crippen LogP contribution in [0.4, 0.5) is 0 Å². The highest BCUT2D eigenvalue weighted by Gasteiger charge is 2.06. The maximum Gasteiger partial charge on any atom is 0.138 e. The quantitative estimate of drug-likeness (QED) is 0.364. The molecule has 80 valence electrons. The van der Waals surface area contributed by atoms with Gasteiger partial charge in [-0.3, -0.25) is 4.98 Å². The van der Waals surface area contributed by atoms with Gasteiger partial charge in [0.05, 0.1) is 5.52 Å². The van der Waals surface area contributed by atoms with Crippen LogP contribution in [0.3, 0.4) is 0 Å². The lowest BCUT2D eigenvalue weighted by Gasteiger charge is -2.05. The topological polar surface area (TPSA) is 36.7 Å². The minimum Gasteiger partial charge on any atom is -0.256 e. The molecule has 0 unspecified atom stereocenters. The van der Waals surface area contributed by atoms with Gasteiger partial charge in [0.15, 0.2) is 0 Å². The van der Waals surface area contributed by atoms with E-state index in [1.807, 2.05) is 30.3 Å². The van der Waals surface area contributed by atoms with Gasteiger partial charge < -0.3 is 0 Å². The molecular weight excluding hydrogens is 228 g/mol. The van der Waals surface area contributed by atoms with Crippen LogP contribution in [0, 0.1) is 10.7 Å². The number of benzene rings is 2. The van der Waals surface area contributed by atoms with Crippen molar-refractivity contribution in [2.75, 3.05) is 0 Å². The van der Waals surface area contributed by atoms with Crippen LogP contribution in [0.5, 0.6) is 0 Å². The lowest BCUT2D eigenvalue weighted by Crippen LogP contribution is -1.83. The van der Waals surface area contributed by atoms with Crippen LogP contribution in [0.15, 0.2) is 53.6 Å². The van der Waals surface area contributed by atoms with Gasteiger partial charge in [0.2, 0.25) is 0 Å². The van der Waals surface area contributed by atoms with Gasteiger partial charge in [0, 0.05) is 21.9 Å². The molecule has 1 heterocycles. The number of aromatic nitrogens is 1. The van der Waals surface area contributed by atoms with Crippen molar-refractivity contribution in [1.29, 1.82) is 5.26 Å². The Morgan fingerprint density at radius 1 is 1.00 bits per heavy atom. The molecule has 3 rings (SSSR count). The van der Waals surface area contributed by atoms with E-state index in [0.717, 1.165) is 26.6 Å². The first-order valence-corrected chi connectivity index (χ1v) is 6.04. The number of hydrogen-bond donors (Lipinski definition) is 0. The Kier molecular flexibility index (Phi) is 2.43. The molecule has 0 bridgehead atoms. The predicted molar refractivity (Wildman–Crippen MR) is 70.7 cm³/mol. The van der Waals surface area contributed by atoms with Crippen LogP contribution < -0.4 is 0 Å². The van der Waals surface area contributed by atoms with Crippen LogP contribution in [-0.4, -0.2) is 4.98 Å². The second kappa shape index (κ2) is 4.08. The maximum absolute atomic E-state index is 8.84. The molecule has 3 aromatic rings.